The third-order valence-electron chi connectivity index (χ3n) is 6.59. The first-order chi connectivity index (χ1) is 18.3. The number of amides is 3. The smallest absolute Gasteiger partial charge is 0.308 e. The largest absolute Gasteiger partial charge is 0.469 e. The molecule has 2 aromatic carbocycles. The van der Waals surface area contributed by atoms with E-state index in [9.17, 15) is 19.2 Å². The van der Waals surface area contributed by atoms with E-state index in [0.717, 1.165) is 21.4 Å². The molecule has 1 saturated heterocycles. The van der Waals surface area contributed by atoms with Crippen molar-refractivity contribution >= 4 is 68.1 Å². The summed E-state index contributed by atoms with van der Waals surface area (Å²) in [4.78, 5) is 55.0. The van der Waals surface area contributed by atoms with Gasteiger partial charge in [-0.25, -0.2) is 4.90 Å². The maximum atomic E-state index is 13.7. The first kappa shape index (κ1) is 24.9. The average molecular weight is 611 g/mol. The molecule has 1 fully saturated rings. The van der Waals surface area contributed by atoms with Crippen molar-refractivity contribution in [2.45, 2.75) is 29.7 Å². The van der Waals surface area contributed by atoms with Crippen LogP contribution >= 0.6 is 39.0 Å². The fraction of sp³-hybridized carbons (Fsp3) is 0.185. The minimum Gasteiger partial charge on any atom is -0.469 e. The maximum Gasteiger partial charge on any atom is 0.308 e. The molecule has 0 aliphatic carbocycles. The van der Waals surface area contributed by atoms with Crippen molar-refractivity contribution in [1.82, 2.24) is 4.57 Å². The van der Waals surface area contributed by atoms with Gasteiger partial charge in [0.05, 0.1) is 33.7 Å². The first-order valence-corrected chi connectivity index (χ1v) is 14.2. The van der Waals surface area contributed by atoms with Gasteiger partial charge in [0.2, 0.25) is 17.7 Å². The number of imide groups is 1. The summed E-state index contributed by atoms with van der Waals surface area (Å²) in [5.74, 6) is -1.93. The average Bonchev–Trinajstić information content (AvgIpc) is 3.58. The summed E-state index contributed by atoms with van der Waals surface area (Å²) >= 11 is 5.54. The number of halogens is 1. The number of carbonyl (C=O) groups excluding carboxylic acids is 3. The van der Waals surface area contributed by atoms with Gasteiger partial charge in [0.25, 0.3) is 0 Å². The quantitative estimate of drug-likeness (QED) is 0.319. The van der Waals surface area contributed by atoms with Crippen LogP contribution in [0.2, 0.25) is 0 Å². The Kier molecular flexibility index (Phi) is 6.37. The monoisotopic (exact) mass is 609 g/mol. The van der Waals surface area contributed by atoms with Gasteiger partial charge in [-0.3, -0.25) is 23.7 Å². The predicted octanol–water partition coefficient (Wildman–Crippen LogP) is 5.01. The Morgan fingerprint density at radius 3 is 2.55 bits per heavy atom. The van der Waals surface area contributed by atoms with Crippen molar-refractivity contribution in [3.05, 3.63) is 97.3 Å². The molecule has 192 valence electrons. The number of thiazole rings is 1. The van der Waals surface area contributed by atoms with Gasteiger partial charge >= 0.3 is 4.87 Å². The van der Waals surface area contributed by atoms with Gasteiger partial charge in [-0.15, -0.1) is 0 Å². The number of nitrogens with one attached hydrogen (secondary N) is 1. The minimum atomic E-state index is -0.770. The highest BCUT2D eigenvalue weighted by Gasteiger charge is 2.57. The SMILES string of the molecule is Cc1cccc(NC(=O)Cn2c3c(sc2=O)C(c2ccco2)C2C(=O)N(c4ccc(Br)cc4)C(=O)C2S3)c1. The van der Waals surface area contributed by atoms with Crippen LogP contribution in [0.5, 0.6) is 0 Å². The number of hydrogen-bond donors (Lipinski definition) is 1. The number of anilines is 2. The molecule has 0 saturated carbocycles. The predicted molar refractivity (Wildman–Crippen MR) is 149 cm³/mol. The molecular weight excluding hydrogens is 590 g/mol. The molecule has 6 rings (SSSR count). The second-order valence-corrected chi connectivity index (χ2v) is 12.1. The molecule has 2 aromatic heterocycles. The summed E-state index contributed by atoms with van der Waals surface area (Å²) < 4.78 is 7.94. The van der Waals surface area contributed by atoms with E-state index in [4.69, 9.17) is 4.42 Å². The molecule has 8 nitrogen and oxygen atoms in total. The van der Waals surface area contributed by atoms with Crippen LogP contribution in [0.15, 0.2) is 85.6 Å². The highest BCUT2D eigenvalue weighted by atomic mass is 79.9. The summed E-state index contributed by atoms with van der Waals surface area (Å²) in [5.41, 5.74) is 2.11. The lowest BCUT2D eigenvalue weighted by Gasteiger charge is -2.29. The molecule has 3 amide bonds. The zero-order valence-electron chi connectivity index (χ0n) is 19.9. The van der Waals surface area contributed by atoms with E-state index in [2.05, 4.69) is 21.2 Å². The van der Waals surface area contributed by atoms with Gasteiger partial charge in [-0.2, -0.15) is 0 Å². The third-order valence-corrected chi connectivity index (χ3v) is 9.72. The van der Waals surface area contributed by atoms with Crippen molar-refractivity contribution in [3.63, 3.8) is 0 Å². The van der Waals surface area contributed by atoms with Gasteiger partial charge in [-0.1, -0.05) is 51.2 Å². The molecule has 4 heterocycles. The molecule has 2 aliphatic heterocycles. The van der Waals surface area contributed by atoms with Crippen molar-refractivity contribution < 1.29 is 18.8 Å². The number of thioether (sulfide) groups is 1. The molecule has 38 heavy (non-hydrogen) atoms. The van der Waals surface area contributed by atoms with E-state index in [1.807, 2.05) is 25.1 Å². The van der Waals surface area contributed by atoms with Crippen LogP contribution < -0.4 is 15.1 Å². The zero-order valence-corrected chi connectivity index (χ0v) is 23.1. The first-order valence-electron chi connectivity index (χ1n) is 11.8. The van der Waals surface area contributed by atoms with Crippen LogP contribution in [0.3, 0.4) is 0 Å². The Labute approximate surface area is 233 Å². The van der Waals surface area contributed by atoms with Gasteiger partial charge in [0.15, 0.2) is 0 Å². The highest BCUT2D eigenvalue weighted by Crippen LogP contribution is 2.53. The number of hydrogen-bond acceptors (Lipinski definition) is 7. The molecule has 11 heteroatoms. The van der Waals surface area contributed by atoms with Crippen LogP contribution in [0.25, 0.3) is 0 Å². The number of aryl methyl sites for hydroxylation is 1. The van der Waals surface area contributed by atoms with Crippen molar-refractivity contribution in [1.29, 1.82) is 0 Å². The van der Waals surface area contributed by atoms with Crippen molar-refractivity contribution in [2.75, 3.05) is 10.2 Å². The van der Waals surface area contributed by atoms with Gasteiger partial charge in [-0.05, 0) is 61.0 Å². The molecular formula is C27H20BrN3O5S2. The molecule has 0 spiro atoms. The second-order valence-electron chi connectivity index (χ2n) is 9.09. The zero-order chi connectivity index (χ0) is 26.6. The van der Waals surface area contributed by atoms with E-state index < -0.39 is 17.1 Å². The number of benzene rings is 2. The summed E-state index contributed by atoms with van der Waals surface area (Å²) in [6.45, 7) is 1.71. The fourth-order valence-corrected chi connectivity index (χ4v) is 7.96. The maximum absolute atomic E-state index is 13.7. The Balaban J connectivity index is 1.38. The van der Waals surface area contributed by atoms with E-state index in [1.165, 1.54) is 27.5 Å². The van der Waals surface area contributed by atoms with Crippen LogP contribution in [-0.4, -0.2) is 27.5 Å². The molecule has 2 aliphatic rings. The number of fused-ring (bicyclic) bond motifs is 2. The number of furan rings is 1. The van der Waals surface area contributed by atoms with Crippen LogP contribution in [-0.2, 0) is 20.9 Å². The van der Waals surface area contributed by atoms with Crippen LogP contribution in [0, 0.1) is 12.8 Å². The molecule has 3 atom stereocenters. The number of carbonyl (C=O) groups is 3. The van der Waals surface area contributed by atoms with E-state index in [0.29, 0.717) is 27.0 Å². The molecule has 3 unspecified atom stereocenters. The van der Waals surface area contributed by atoms with Crippen molar-refractivity contribution in [2.24, 2.45) is 5.92 Å². The van der Waals surface area contributed by atoms with Crippen LogP contribution in [0.1, 0.15) is 22.1 Å². The van der Waals surface area contributed by atoms with Crippen molar-refractivity contribution in [3.8, 4) is 0 Å². The topological polar surface area (TPSA) is 102 Å². The number of aromatic nitrogens is 1. The summed E-state index contributed by atoms with van der Waals surface area (Å²) in [5, 5.41) is 2.58. The fourth-order valence-electron chi connectivity index (χ4n) is 4.94. The molecule has 1 N–H and O–H groups in total. The highest BCUT2D eigenvalue weighted by molar-refractivity contribution is 9.10. The lowest BCUT2D eigenvalue weighted by molar-refractivity contribution is -0.122. The Morgan fingerprint density at radius 1 is 1.05 bits per heavy atom. The standard InChI is InChI=1S/C27H20BrN3O5S2/c1-14-4-2-5-16(12-14)29-19(32)13-30-26-23(38-27(30)35)20(18-6-3-11-36-18)21-22(37-26)25(34)31(24(21)33)17-9-7-15(28)8-10-17/h2-12,20-22H,13H2,1H3,(H,29,32). The van der Waals surface area contributed by atoms with Crippen LogP contribution in [0.4, 0.5) is 11.4 Å². The Bertz CT molecular complexity index is 1630. The van der Waals surface area contributed by atoms with E-state index >= 15 is 0 Å². The number of nitrogens with zero attached hydrogens (tertiary/aromatic N) is 2. The molecule has 0 bridgehead atoms. The Morgan fingerprint density at radius 2 is 1.84 bits per heavy atom. The van der Waals surface area contributed by atoms with Gasteiger partial charge in [0.1, 0.15) is 17.6 Å². The van der Waals surface area contributed by atoms with E-state index in [1.54, 1.807) is 42.5 Å². The normalized spacial score (nSPS) is 20.4. The minimum absolute atomic E-state index is 0.216. The molecule has 0 radical (unpaired) electrons. The summed E-state index contributed by atoms with van der Waals surface area (Å²) in [6, 6.07) is 17.8. The van der Waals surface area contributed by atoms with E-state index in [-0.39, 0.29) is 29.1 Å². The second kappa shape index (κ2) is 9.72. The number of rotatable bonds is 5. The van der Waals surface area contributed by atoms with Gasteiger partial charge in [0, 0.05) is 10.2 Å². The third kappa shape index (κ3) is 4.24. The van der Waals surface area contributed by atoms with Gasteiger partial charge < -0.3 is 9.73 Å². The summed E-state index contributed by atoms with van der Waals surface area (Å²) in [7, 11) is 0. The Hall–Kier alpha value is -3.41. The summed E-state index contributed by atoms with van der Waals surface area (Å²) in [6.07, 6.45) is 1.51. The lowest BCUT2D eigenvalue weighted by Crippen LogP contribution is -2.32. The molecule has 4 aromatic rings. The lowest BCUT2D eigenvalue weighted by atomic mass is 9.87.